The number of aryl methyl sites for hydroxylation is 1. The van der Waals surface area contributed by atoms with Crippen LogP contribution in [-0.2, 0) is 20.8 Å². The van der Waals surface area contributed by atoms with Gasteiger partial charge in [-0.2, -0.15) is 0 Å². The van der Waals surface area contributed by atoms with Crippen molar-refractivity contribution in [2.24, 2.45) is 5.92 Å². The summed E-state index contributed by atoms with van der Waals surface area (Å²) in [5, 5.41) is 0. The SMILES string of the molecule is C=C(C)[C@@H]1C(=O)C(C)=C[C@H]1c1c(OC(C)=O)cc(CCCCC)cc1OC(C)=O. The summed E-state index contributed by atoms with van der Waals surface area (Å²) in [6, 6.07) is 3.64. The Hall–Kier alpha value is -2.69. The first-order valence-electron chi connectivity index (χ1n) is 10.1. The predicted octanol–water partition coefficient (Wildman–Crippen LogP) is 5.07. The topological polar surface area (TPSA) is 69.7 Å². The number of carbonyl (C=O) groups is 3. The molecule has 0 heterocycles. The highest BCUT2D eigenvalue weighted by Crippen LogP contribution is 2.47. The normalized spacial score (nSPS) is 18.4. The van der Waals surface area contributed by atoms with E-state index in [1.807, 2.05) is 18.2 Å². The third kappa shape index (κ3) is 5.43. The van der Waals surface area contributed by atoms with E-state index in [4.69, 9.17) is 9.47 Å². The lowest BCUT2D eigenvalue weighted by atomic mass is 9.82. The van der Waals surface area contributed by atoms with Gasteiger partial charge in [-0.25, -0.2) is 0 Å². The number of esters is 2. The highest BCUT2D eigenvalue weighted by Gasteiger charge is 2.39. The molecule has 5 nitrogen and oxygen atoms in total. The van der Waals surface area contributed by atoms with E-state index in [0.717, 1.165) is 31.2 Å². The van der Waals surface area contributed by atoms with Crippen LogP contribution in [0.25, 0.3) is 0 Å². The fourth-order valence-electron chi connectivity index (χ4n) is 3.82. The molecule has 2 atom stereocenters. The number of rotatable bonds is 8. The Morgan fingerprint density at radius 1 is 1.03 bits per heavy atom. The van der Waals surface area contributed by atoms with Gasteiger partial charge in [0.1, 0.15) is 11.5 Å². The molecule has 1 aromatic rings. The molecule has 0 radical (unpaired) electrons. The quantitative estimate of drug-likeness (QED) is 0.264. The first-order chi connectivity index (χ1) is 13.6. The molecule has 0 aromatic heterocycles. The van der Waals surface area contributed by atoms with Crippen LogP contribution in [0.3, 0.4) is 0 Å². The molecule has 0 saturated carbocycles. The molecule has 0 unspecified atom stereocenters. The van der Waals surface area contributed by atoms with E-state index in [-0.39, 0.29) is 5.78 Å². The highest BCUT2D eigenvalue weighted by molar-refractivity contribution is 6.02. The second-order valence-corrected chi connectivity index (χ2v) is 7.71. The fraction of sp³-hybridized carbons (Fsp3) is 0.458. The Kier molecular flexibility index (Phi) is 7.54. The van der Waals surface area contributed by atoms with Crippen molar-refractivity contribution in [3.8, 4) is 11.5 Å². The zero-order chi connectivity index (χ0) is 21.7. The minimum atomic E-state index is -0.482. The lowest BCUT2D eigenvalue weighted by Crippen LogP contribution is -2.19. The number of ether oxygens (including phenoxy) is 2. The molecule has 2 rings (SSSR count). The molecular weight excluding hydrogens is 368 g/mol. The summed E-state index contributed by atoms with van der Waals surface area (Å²) in [5.41, 5.74) is 2.79. The van der Waals surface area contributed by atoms with Crippen LogP contribution in [0.1, 0.15) is 70.9 Å². The van der Waals surface area contributed by atoms with Crippen molar-refractivity contribution in [3.63, 3.8) is 0 Å². The molecule has 0 bridgehead atoms. The van der Waals surface area contributed by atoms with Crippen LogP contribution in [0, 0.1) is 5.92 Å². The van der Waals surface area contributed by atoms with Crippen LogP contribution in [-0.4, -0.2) is 17.7 Å². The average Bonchev–Trinajstić information content (AvgIpc) is 2.88. The van der Waals surface area contributed by atoms with Gasteiger partial charge in [0.25, 0.3) is 0 Å². The number of hydrogen-bond acceptors (Lipinski definition) is 5. The van der Waals surface area contributed by atoms with E-state index in [2.05, 4.69) is 13.5 Å². The minimum absolute atomic E-state index is 0.0166. The van der Waals surface area contributed by atoms with Gasteiger partial charge in [-0.1, -0.05) is 38.0 Å². The molecule has 0 saturated heterocycles. The van der Waals surface area contributed by atoms with Crippen LogP contribution in [0.2, 0.25) is 0 Å². The zero-order valence-corrected chi connectivity index (χ0v) is 18.0. The van der Waals surface area contributed by atoms with Gasteiger partial charge in [-0.3, -0.25) is 14.4 Å². The summed E-state index contributed by atoms with van der Waals surface area (Å²) in [7, 11) is 0. The first-order valence-corrected chi connectivity index (χ1v) is 10.1. The van der Waals surface area contributed by atoms with Crippen molar-refractivity contribution >= 4 is 17.7 Å². The Morgan fingerprint density at radius 3 is 2.03 bits per heavy atom. The van der Waals surface area contributed by atoms with Crippen molar-refractivity contribution in [3.05, 3.63) is 47.1 Å². The van der Waals surface area contributed by atoms with Crippen molar-refractivity contribution in [1.82, 2.24) is 0 Å². The van der Waals surface area contributed by atoms with Crippen molar-refractivity contribution in [2.45, 2.75) is 66.2 Å². The van der Waals surface area contributed by atoms with E-state index in [9.17, 15) is 14.4 Å². The number of allylic oxidation sites excluding steroid dienone is 3. The molecule has 0 aliphatic heterocycles. The third-order valence-corrected chi connectivity index (χ3v) is 5.06. The van der Waals surface area contributed by atoms with E-state index < -0.39 is 23.8 Å². The number of ketones is 1. The van der Waals surface area contributed by atoms with Gasteiger partial charge < -0.3 is 9.47 Å². The Bertz CT molecular complexity index is 825. The Labute approximate surface area is 172 Å². The van der Waals surface area contributed by atoms with E-state index >= 15 is 0 Å². The Balaban J connectivity index is 2.65. The van der Waals surface area contributed by atoms with Crippen molar-refractivity contribution in [2.75, 3.05) is 0 Å². The summed E-state index contributed by atoms with van der Waals surface area (Å²) in [6.45, 7) is 12.3. The molecule has 5 heteroatoms. The predicted molar refractivity (Wildman–Crippen MR) is 112 cm³/mol. The van der Waals surface area contributed by atoms with Gasteiger partial charge in [-0.05, 0) is 50.0 Å². The molecule has 0 fully saturated rings. The third-order valence-electron chi connectivity index (χ3n) is 5.06. The second-order valence-electron chi connectivity index (χ2n) is 7.71. The standard InChI is InChI=1S/C24H30O5/c1-7-8-9-10-18-12-20(28-16(5)25)23(21(13-18)29-17(6)26)19-11-15(4)24(27)22(19)14(2)3/h11-13,19,22H,2,7-10H2,1,3-6H3/t19-,22+/m1/s1. The average molecular weight is 398 g/mol. The van der Waals surface area contributed by atoms with Gasteiger partial charge in [0.15, 0.2) is 5.78 Å². The molecule has 1 aliphatic carbocycles. The van der Waals surface area contributed by atoms with E-state index in [0.29, 0.717) is 28.2 Å². The number of hydrogen-bond donors (Lipinski definition) is 0. The van der Waals surface area contributed by atoms with Crippen LogP contribution in [0.4, 0.5) is 0 Å². The Morgan fingerprint density at radius 2 is 1.59 bits per heavy atom. The van der Waals surface area contributed by atoms with Gasteiger partial charge >= 0.3 is 11.9 Å². The number of carbonyl (C=O) groups excluding carboxylic acids is 3. The van der Waals surface area contributed by atoms with Gasteiger partial charge in [0, 0.05) is 25.3 Å². The number of benzene rings is 1. The minimum Gasteiger partial charge on any atom is -0.426 e. The lowest BCUT2D eigenvalue weighted by molar-refractivity contribution is -0.132. The van der Waals surface area contributed by atoms with Crippen LogP contribution in [0.5, 0.6) is 11.5 Å². The van der Waals surface area contributed by atoms with Crippen molar-refractivity contribution in [1.29, 1.82) is 0 Å². The molecule has 156 valence electrons. The maximum Gasteiger partial charge on any atom is 0.308 e. The molecule has 29 heavy (non-hydrogen) atoms. The molecule has 0 amide bonds. The number of Topliss-reactive ketones (excluding diaryl/α,β-unsaturated/α-hetero) is 1. The van der Waals surface area contributed by atoms with Crippen molar-refractivity contribution < 1.29 is 23.9 Å². The summed E-state index contributed by atoms with van der Waals surface area (Å²) >= 11 is 0. The molecule has 0 N–H and O–H groups in total. The van der Waals surface area contributed by atoms with Gasteiger partial charge in [0.2, 0.25) is 0 Å². The van der Waals surface area contributed by atoms with Crippen LogP contribution in [0.15, 0.2) is 35.9 Å². The maximum absolute atomic E-state index is 12.7. The summed E-state index contributed by atoms with van der Waals surface area (Å²) in [4.78, 5) is 36.3. The summed E-state index contributed by atoms with van der Waals surface area (Å²) in [6.07, 6.45) is 5.75. The van der Waals surface area contributed by atoms with Crippen LogP contribution >= 0.6 is 0 Å². The highest BCUT2D eigenvalue weighted by atomic mass is 16.5. The molecule has 1 aromatic carbocycles. The summed E-state index contributed by atoms with van der Waals surface area (Å²) in [5.74, 6) is -1.18. The molecular formula is C24H30O5. The molecule has 1 aliphatic rings. The lowest BCUT2D eigenvalue weighted by Gasteiger charge is -2.24. The monoisotopic (exact) mass is 398 g/mol. The fourth-order valence-corrected chi connectivity index (χ4v) is 3.82. The van der Waals surface area contributed by atoms with Gasteiger partial charge in [-0.15, -0.1) is 0 Å². The van der Waals surface area contributed by atoms with Gasteiger partial charge in [0.05, 0.1) is 5.92 Å². The zero-order valence-electron chi connectivity index (χ0n) is 18.0. The van der Waals surface area contributed by atoms with Crippen LogP contribution < -0.4 is 9.47 Å². The first kappa shape index (κ1) is 22.6. The second kappa shape index (κ2) is 9.68. The maximum atomic E-state index is 12.7. The van der Waals surface area contributed by atoms with E-state index in [1.165, 1.54) is 13.8 Å². The number of unbranched alkanes of at least 4 members (excludes halogenated alkanes) is 2. The smallest absolute Gasteiger partial charge is 0.308 e. The summed E-state index contributed by atoms with van der Waals surface area (Å²) < 4.78 is 11.1. The largest absolute Gasteiger partial charge is 0.426 e. The van der Waals surface area contributed by atoms with E-state index in [1.54, 1.807) is 13.8 Å². The molecule has 0 spiro atoms.